The van der Waals surface area contributed by atoms with Gasteiger partial charge in [0.15, 0.2) is 0 Å². The molecule has 0 amide bonds. The second kappa shape index (κ2) is 10.6. The minimum atomic E-state index is 0.230. The number of methoxy groups -OCH3 is 1. The highest BCUT2D eigenvalue weighted by Crippen LogP contribution is 2.37. The molecule has 2 nitrogen and oxygen atoms in total. The minimum absolute atomic E-state index is 0.230. The normalized spacial score (nSPS) is 17.1. The first kappa shape index (κ1) is 23.1. The van der Waals surface area contributed by atoms with Gasteiger partial charge in [0.1, 0.15) is 5.75 Å². The van der Waals surface area contributed by atoms with Crippen molar-refractivity contribution in [3.8, 4) is 5.75 Å². The summed E-state index contributed by atoms with van der Waals surface area (Å²) in [6, 6.07) is 17.3. The SMILES string of the molecule is COc1cccc(C=C2CCN(CCCC(C)(c3ccc(Br)cc3)C(C)C)CC2)c1. The fraction of sp³-hybridized carbons (Fsp3) is 0.481. The molecule has 1 heterocycles. The molecule has 30 heavy (non-hydrogen) atoms. The van der Waals surface area contributed by atoms with Crippen molar-refractivity contribution in [1.29, 1.82) is 0 Å². The van der Waals surface area contributed by atoms with Crippen LogP contribution in [0, 0.1) is 5.92 Å². The number of ether oxygens (including phenoxy) is 1. The third kappa shape index (κ3) is 5.98. The van der Waals surface area contributed by atoms with Crippen LogP contribution in [0.1, 0.15) is 57.6 Å². The van der Waals surface area contributed by atoms with Crippen LogP contribution in [0.25, 0.3) is 6.08 Å². The number of likely N-dealkylation sites (tertiary alicyclic amines) is 1. The zero-order valence-corrected chi connectivity index (χ0v) is 20.5. The fourth-order valence-electron chi connectivity index (χ4n) is 4.44. The van der Waals surface area contributed by atoms with Crippen LogP contribution < -0.4 is 4.74 Å². The van der Waals surface area contributed by atoms with Crippen molar-refractivity contribution in [2.24, 2.45) is 5.92 Å². The first-order valence-electron chi connectivity index (χ1n) is 11.2. The molecule has 1 unspecified atom stereocenters. The Balaban J connectivity index is 1.51. The fourth-order valence-corrected chi connectivity index (χ4v) is 4.71. The zero-order chi connectivity index (χ0) is 21.6. The molecule has 162 valence electrons. The molecule has 0 radical (unpaired) electrons. The summed E-state index contributed by atoms with van der Waals surface area (Å²) in [5.74, 6) is 1.55. The highest BCUT2D eigenvalue weighted by atomic mass is 79.9. The van der Waals surface area contributed by atoms with Gasteiger partial charge in [-0.2, -0.15) is 0 Å². The lowest BCUT2D eigenvalue weighted by Gasteiger charge is -2.36. The van der Waals surface area contributed by atoms with Gasteiger partial charge in [0.2, 0.25) is 0 Å². The standard InChI is InChI=1S/C27H36BrNO/c1-21(2)27(3,24-9-11-25(28)12-10-24)15-6-16-29-17-13-22(14-18-29)19-23-7-5-8-26(20-23)30-4/h5,7-12,19-21H,6,13-18H2,1-4H3. The van der Waals surface area contributed by atoms with Crippen molar-refractivity contribution in [3.63, 3.8) is 0 Å². The van der Waals surface area contributed by atoms with Crippen molar-refractivity contribution >= 4 is 22.0 Å². The predicted molar refractivity (Wildman–Crippen MR) is 132 cm³/mol. The van der Waals surface area contributed by atoms with E-state index in [4.69, 9.17) is 4.74 Å². The number of halogens is 1. The molecule has 2 aromatic rings. The molecule has 1 aliphatic rings. The number of rotatable bonds is 8. The molecule has 0 aliphatic carbocycles. The highest BCUT2D eigenvalue weighted by Gasteiger charge is 2.30. The smallest absolute Gasteiger partial charge is 0.119 e. The van der Waals surface area contributed by atoms with E-state index in [1.165, 1.54) is 56.4 Å². The lowest BCUT2D eigenvalue weighted by atomic mass is 9.70. The zero-order valence-electron chi connectivity index (χ0n) is 19.0. The molecule has 1 fully saturated rings. The van der Waals surface area contributed by atoms with Crippen molar-refractivity contribution < 1.29 is 4.74 Å². The third-order valence-corrected chi connectivity index (χ3v) is 7.44. The maximum Gasteiger partial charge on any atom is 0.119 e. The first-order chi connectivity index (χ1) is 14.4. The quantitative estimate of drug-likeness (QED) is 0.401. The molecule has 0 spiro atoms. The summed E-state index contributed by atoms with van der Waals surface area (Å²) < 4.78 is 6.50. The average molecular weight is 470 g/mol. The van der Waals surface area contributed by atoms with E-state index in [1.54, 1.807) is 12.7 Å². The van der Waals surface area contributed by atoms with Crippen LogP contribution in [0.4, 0.5) is 0 Å². The molecule has 0 N–H and O–H groups in total. The molecule has 1 saturated heterocycles. The van der Waals surface area contributed by atoms with Gasteiger partial charge in [0, 0.05) is 17.6 Å². The lowest BCUT2D eigenvalue weighted by molar-refractivity contribution is 0.228. The number of hydrogen-bond donors (Lipinski definition) is 0. The van der Waals surface area contributed by atoms with Gasteiger partial charge in [-0.05, 0) is 79.0 Å². The molecular weight excluding hydrogens is 434 g/mol. The van der Waals surface area contributed by atoms with Crippen LogP contribution in [0.5, 0.6) is 5.75 Å². The summed E-state index contributed by atoms with van der Waals surface area (Å²) in [6.07, 6.45) is 7.18. The van der Waals surface area contributed by atoms with Gasteiger partial charge in [-0.1, -0.05) is 72.6 Å². The largest absolute Gasteiger partial charge is 0.497 e. The van der Waals surface area contributed by atoms with Crippen LogP contribution in [0.15, 0.2) is 58.6 Å². The first-order valence-corrected chi connectivity index (χ1v) is 12.0. The van der Waals surface area contributed by atoms with Gasteiger partial charge in [0.25, 0.3) is 0 Å². The monoisotopic (exact) mass is 469 g/mol. The van der Waals surface area contributed by atoms with E-state index in [0.717, 1.165) is 10.2 Å². The molecule has 3 rings (SSSR count). The van der Waals surface area contributed by atoms with E-state index in [1.807, 2.05) is 6.07 Å². The van der Waals surface area contributed by atoms with Gasteiger partial charge < -0.3 is 9.64 Å². The average Bonchev–Trinajstić information content (AvgIpc) is 2.75. The topological polar surface area (TPSA) is 12.5 Å². The van der Waals surface area contributed by atoms with Gasteiger partial charge >= 0.3 is 0 Å². The Morgan fingerprint density at radius 2 is 1.80 bits per heavy atom. The van der Waals surface area contributed by atoms with E-state index in [2.05, 4.69) is 90.1 Å². The molecule has 2 aromatic carbocycles. The summed E-state index contributed by atoms with van der Waals surface area (Å²) in [5.41, 5.74) is 4.50. The number of piperidine rings is 1. The molecule has 3 heteroatoms. The summed E-state index contributed by atoms with van der Waals surface area (Å²) in [6.45, 7) is 10.7. The molecular formula is C27H36BrNO. The molecule has 0 bridgehead atoms. The Hall–Kier alpha value is -1.58. The summed E-state index contributed by atoms with van der Waals surface area (Å²) in [5, 5.41) is 0. The maximum atomic E-state index is 5.35. The summed E-state index contributed by atoms with van der Waals surface area (Å²) in [4.78, 5) is 2.64. The number of hydrogen-bond acceptors (Lipinski definition) is 2. The number of nitrogens with zero attached hydrogens (tertiary/aromatic N) is 1. The Morgan fingerprint density at radius 1 is 1.10 bits per heavy atom. The number of benzene rings is 2. The third-order valence-electron chi connectivity index (χ3n) is 6.91. The van der Waals surface area contributed by atoms with Crippen LogP contribution in [-0.4, -0.2) is 31.6 Å². The van der Waals surface area contributed by atoms with Crippen LogP contribution in [0.2, 0.25) is 0 Å². The molecule has 1 aliphatic heterocycles. The Kier molecular flexibility index (Phi) is 8.19. The van der Waals surface area contributed by atoms with E-state index >= 15 is 0 Å². The van der Waals surface area contributed by atoms with Crippen molar-refractivity contribution in [1.82, 2.24) is 4.90 Å². The van der Waals surface area contributed by atoms with Gasteiger partial charge in [-0.3, -0.25) is 0 Å². The van der Waals surface area contributed by atoms with Crippen molar-refractivity contribution in [3.05, 3.63) is 69.7 Å². The van der Waals surface area contributed by atoms with E-state index in [9.17, 15) is 0 Å². The van der Waals surface area contributed by atoms with Crippen LogP contribution >= 0.6 is 15.9 Å². The van der Waals surface area contributed by atoms with Gasteiger partial charge in [0.05, 0.1) is 7.11 Å². The van der Waals surface area contributed by atoms with Crippen LogP contribution in [-0.2, 0) is 5.41 Å². The summed E-state index contributed by atoms with van der Waals surface area (Å²) >= 11 is 3.57. The predicted octanol–water partition coefficient (Wildman–Crippen LogP) is 7.33. The Labute approximate surface area is 191 Å². The molecule has 1 atom stereocenters. The van der Waals surface area contributed by atoms with Gasteiger partial charge in [-0.25, -0.2) is 0 Å². The van der Waals surface area contributed by atoms with Crippen LogP contribution in [0.3, 0.4) is 0 Å². The highest BCUT2D eigenvalue weighted by molar-refractivity contribution is 9.10. The Morgan fingerprint density at radius 3 is 2.43 bits per heavy atom. The second-order valence-electron chi connectivity index (χ2n) is 9.10. The molecule has 0 aromatic heterocycles. The second-order valence-corrected chi connectivity index (χ2v) is 10.0. The Bertz CT molecular complexity index is 832. The maximum absolute atomic E-state index is 5.35. The van der Waals surface area contributed by atoms with E-state index in [-0.39, 0.29) is 5.41 Å². The summed E-state index contributed by atoms with van der Waals surface area (Å²) in [7, 11) is 1.73. The van der Waals surface area contributed by atoms with E-state index in [0.29, 0.717) is 5.92 Å². The molecule has 0 saturated carbocycles. The lowest BCUT2D eigenvalue weighted by Crippen LogP contribution is -2.34. The van der Waals surface area contributed by atoms with Gasteiger partial charge in [-0.15, -0.1) is 0 Å². The van der Waals surface area contributed by atoms with E-state index < -0.39 is 0 Å². The van der Waals surface area contributed by atoms with Crippen molar-refractivity contribution in [2.75, 3.05) is 26.7 Å². The van der Waals surface area contributed by atoms with Crippen molar-refractivity contribution in [2.45, 2.75) is 51.9 Å². The minimum Gasteiger partial charge on any atom is -0.497 e.